The topological polar surface area (TPSA) is 94.5 Å². The van der Waals surface area contributed by atoms with Crippen molar-refractivity contribution in [1.82, 2.24) is 0 Å². The molecule has 0 unspecified atom stereocenters. The van der Waals surface area contributed by atoms with Gasteiger partial charge in [0.05, 0.1) is 0 Å². The van der Waals surface area contributed by atoms with Crippen LogP contribution in [0.25, 0.3) is 0 Å². The molecule has 4 radical (unpaired) electrons. The molecule has 6 N–H and O–H groups in total. The number of hydrogen-bond donors (Lipinski definition) is 0. The summed E-state index contributed by atoms with van der Waals surface area (Å²) >= 11 is 0. The summed E-state index contributed by atoms with van der Waals surface area (Å²) in [6, 6.07) is 0. The van der Waals surface area contributed by atoms with Crippen LogP contribution in [0.15, 0.2) is 0 Å². The second-order valence-electron chi connectivity index (χ2n) is 0. The van der Waals surface area contributed by atoms with Crippen molar-refractivity contribution in [2.24, 2.45) is 0 Å². The van der Waals surface area contributed by atoms with E-state index in [1.165, 1.54) is 0 Å². The predicted molar refractivity (Wildman–Crippen MR) is 49.4 cm³/mol. The van der Waals surface area contributed by atoms with Crippen LogP contribution in [0.1, 0.15) is 0 Å². The average molecular weight is 218 g/mol. The monoisotopic (exact) mass is 218 g/mol. The van der Waals surface area contributed by atoms with Gasteiger partial charge in [0.2, 0.25) is 0 Å². The summed E-state index contributed by atoms with van der Waals surface area (Å²) in [5, 5.41) is 0. The minimum Gasteiger partial charge on any atom is -0.412 e. The molecule has 0 aliphatic heterocycles. The van der Waals surface area contributed by atoms with Crippen molar-refractivity contribution in [3.63, 3.8) is 0 Å². The van der Waals surface area contributed by atoms with Gasteiger partial charge in [0.25, 0.3) is 0 Å². The van der Waals surface area contributed by atoms with E-state index in [2.05, 4.69) is 0 Å². The molecule has 8 heavy (non-hydrogen) atoms. The van der Waals surface area contributed by atoms with Crippen LogP contribution in [-0.4, -0.2) is 163 Å². The minimum absolute atomic E-state index is 0. The Labute approximate surface area is 159 Å². The summed E-state index contributed by atoms with van der Waals surface area (Å²) in [5.41, 5.74) is 0. The van der Waals surface area contributed by atoms with Crippen LogP contribution in [-0.2, 0) is 0 Å². The quantitative estimate of drug-likeness (QED) is 0.362. The molecule has 8 heteroatoms. The molecule has 0 fully saturated rings. The van der Waals surface area contributed by atoms with Crippen molar-refractivity contribution in [3.05, 3.63) is 0 Å². The van der Waals surface area contributed by atoms with Crippen molar-refractivity contribution in [2.45, 2.75) is 0 Å². The molecule has 0 aromatic rings. The van der Waals surface area contributed by atoms with E-state index in [9.17, 15) is 0 Å². The van der Waals surface area contributed by atoms with Gasteiger partial charge in [-0.1, -0.05) is 0 Å². The van der Waals surface area contributed by atoms with E-state index in [1.54, 1.807) is 0 Å². The maximum absolute atomic E-state index is 0. The van der Waals surface area contributed by atoms with Crippen LogP contribution < -0.4 is 0 Å². The molecule has 0 rings (SSSR count). The molecule has 0 saturated heterocycles. The van der Waals surface area contributed by atoms with Crippen LogP contribution in [0, 0.1) is 0 Å². The van der Waals surface area contributed by atoms with Crippen molar-refractivity contribution < 1.29 is 16.4 Å². The SMILES string of the molecule is O.O.O.[AlH3].[Ca].[K].[Na].[SiH4]. The van der Waals surface area contributed by atoms with Crippen molar-refractivity contribution >= 4 is 147 Å². The Morgan fingerprint density at radius 1 is 0.750 bits per heavy atom. The third-order valence-corrected chi connectivity index (χ3v) is 0. The van der Waals surface area contributed by atoms with Crippen LogP contribution in [0.4, 0.5) is 0 Å². The minimum atomic E-state index is 0. The second-order valence-corrected chi connectivity index (χ2v) is 0. The van der Waals surface area contributed by atoms with Crippen molar-refractivity contribution in [3.8, 4) is 0 Å². The Balaban J connectivity index is 0. The summed E-state index contributed by atoms with van der Waals surface area (Å²) in [5.74, 6) is 0. The van der Waals surface area contributed by atoms with E-state index in [4.69, 9.17) is 0 Å². The third kappa shape index (κ3) is 46.6. The first-order valence-electron chi connectivity index (χ1n) is 0. The first-order valence-corrected chi connectivity index (χ1v) is 0. The molecule has 3 nitrogen and oxygen atoms in total. The van der Waals surface area contributed by atoms with Gasteiger partial charge in [0, 0.05) is 119 Å². The zero-order valence-corrected chi connectivity index (χ0v) is 11.5. The molecule has 0 amide bonds. The Bertz CT molecular complexity index is 19.2. The zero-order chi connectivity index (χ0) is 0. The molecule has 0 heterocycles. The fourth-order valence-corrected chi connectivity index (χ4v) is 0. The number of hydrogen-bond acceptors (Lipinski definition) is 0. The fourth-order valence-electron chi connectivity index (χ4n) is 0. The van der Waals surface area contributed by atoms with Crippen molar-refractivity contribution in [1.29, 1.82) is 0 Å². The van der Waals surface area contributed by atoms with E-state index in [-0.39, 0.29) is 163 Å². The summed E-state index contributed by atoms with van der Waals surface area (Å²) in [7, 11) is 0. The maximum Gasteiger partial charge on any atom is 0.187 e. The molecular formula is H13AlCaKNaO3Si. The summed E-state index contributed by atoms with van der Waals surface area (Å²) < 4.78 is 0. The van der Waals surface area contributed by atoms with Crippen LogP contribution in [0.5, 0.6) is 0 Å². The molecule has 42 valence electrons. The van der Waals surface area contributed by atoms with E-state index in [1.807, 2.05) is 0 Å². The Morgan fingerprint density at radius 3 is 0.750 bits per heavy atom. The molecule has 0 aromatic heterocycles. The molecule has 0 atom stereocenters. The molecule has 0 spiro atoms. The van der Waals surface area contributed by atoms with Gasteiger partial charge in [-0.3, -0.25) is 0 Å². The zero-order valence-electron chi connectivity index (χ0n) is 4.21. The van der Waals surface area contributed by atoms with Gasteiger partial charge in [0.15, 0.2) is 17.4 Å². The van der Waals surface area contributed by atoms with Gasteiger partial charge >= 0.3 is 0 Å². The third-order valence-electron chi connectivity index (χ3n) is 0. The molecule has 0 aliphatic carbocycles. The Morgan fingerprint density at radius 2 is 0.750 bits per heavy atom. The van der Waals surface area contributed by atoms with Crippen molar-refractivity contribution in [2.75, 3.05) is 0 Å². The van der Waals surface area contributed by atoms with E-state index in [0.717, 1.165) is 0 Å². The molecule has 0 aliphatic rings. The normalized spacial score (nSPS) is 0. The van der Waals surface area contributed by atoms with Gasteiger partial charge in [-0.05, 0) is 11.0 Å². The van der Waals surface area contributed by atoms with Crippen LogP contribution in [0.2, 0.25) is 0 Å². The second kappa shape index (κ2) is 62.3. The molecule has 0 bridgehead atoms. The fraction of sp³-hybridized carbons (Fsp3) is 0. The smallest absolute Gasteiger partial charge is 0.187 e. The van der Waals surface area contributed by atoms with Gasteiger partial charge < -0.3 is 16.4 Å². The number of rotatable bonds is 0. The Hall–Kier alpha value is 4.53. The average Bonchev–Trinajstić information content (AvgIpc) is 0. The standard InChI is InChI=1S/Al.Ca.K.Na.3H2O.H4Si.3H/h;;;;3*1H2;1H4;;;. The summed E-state index contributed by atoms with van der Waals surface area (Å²) in [6.07, 6.45) is 0. The largest absolute Gasteiger partial charge is 0.412 e. The van der Waals surface area contributed by atoms with E-state index < -0.39 is 0 Å². The van der Waals surface area contributed by atoms with Crippen LogP contribution >= 0.6 is 0 Å². The van der Waals surface area contributed by atoms with Gasteiger partial charge in [-0.15, -0.1) is 0 Å². The van der Waals surface area contributed by atoms with E-state index >= 15 is 0 Å². The predicted octanol–water partition coefficient (Wildman–Crippen LogP) is -6.25. The first-order chi connectivity index (χ1) is 0. The molecule has 0 saturated carbocycles. The molecular weight excluding hydrogens is 205 g/mol. The van der Waals surface area contributed by atoms with E-state index in [0.29, 0.717) is 0 Å². The van der Waals surface area contributed by atoms with Gasteiger partial charge in [-0.25, -0.2) is 0 Å². The summed E-state index contributed by atoms with van der Waals surface area (Å²) in [6.45, 7) is 0. The van der Waals surface area contributed by atoms with Crippen LogP contribution in [0.3, 0.4) is 0 Å². The maximum atomic E-state index is 0. The molecule has 0 aromatic carbocycles. The first kappa shape index (κ1) is 81.2. The van der Waals surface area contributed by atoms with Gasteiger partial charge in [-0.2, -0.15) is 0 Å². The van der Waals surface area contributed by atoms with Gasteiger partial charge in [0.1, 0.15) is 0 Å². The summed E-state index contributed by atoms with van der Waals surface area (Å²) in [4.78, 5) is 0. The Kier molecular flexibility index (Phi) is 633.